The normalized spacial score (nSPS) is 24.1. The van der Waals surface area contributed by atoms with Gasteiger partial charge in [0.05, 0.1) is 0 Å². The van der Waals surface area contributed by atoms with Crippen LogP contribution in [0.15, 0.2) is 12.3 Å². The smallest absolute Gasteiger partial charge is 0.232 e. The van der Waals surface area contributed by atoms with Crippen LogP contribution in [0.1, 0.15) is 20.3 Å². The molecule has 0 atom stereocenters. The fourth-order valence-electron chi connectivity index (χ4n) is 1.30. The maximum atomic E-state index is 11.3. The Morgan fingerprint density at radius 2 is 2.10 bits per heavy atom. The third kappa shape index (κ3) is 0.838. The van der Waals surface area contributed by atoms with Crippen molar-refractivity contribution in [3.8, 4) is 0 Å². The van der Waals surface area contributed by atoms with Gasteiger partial charge in [-0.2, -0.15) is 0 Å². The molecule has 0 unspecified atom stereocenters. The van der Waals surface area contributed by atoms with E-state index in [1.54, 1.807) is 11.9 Å². The van der Waals surface area contributed by atoms with Gasteiger partial charge in [-0.3, -0.25) is 4.79 Å². The van der Waals surface area contributed by atoms with Gasteiger partial charge in [0.1, 0.15) is 0 Å². The molecule has 0 spiro atoms. The first-order chi connectivity index (χ1) is 4.45. The van der Waals surface area contributed by atoms with Crippen molar-refractivity contribution in [1.29, 1.82) is 0 Å². The Kier molecular flexibility index (Phi) is 1.35. The number of hydrogen-bond donors (Lipinski definition) is 0. The van der Waals surface area contributed by atoms with E-state index in [0.29, 0.717) is 0 Å². The van der Waals surface area contributed by atoms with Crippen LogP contribution in [-0.4, -0.2) is 17.9 Å². The summed E-state index contributed by atoms with van der Waals surface area (Å²) in [7, 11) is 1.78. The molecule has 0 aromatic heterocycles. The molecule has 1 aliphatic heterocycles. The molecule has 0 aromatic carbocycles. The van der Waals surface area contributed by atoms with Gasteiger partial charge in [0.2, 0.25) is 5.91 Å². The van der Waals surface area contributed by atoms with Gasteiger partial charge in [-0.25, -0.2) is 0 Å². The van der Waals surface area contributed by atoms with Crippen LogP contribution in [0.3, 0.4) is 0 Å². The van der Waals surface area contributed by atoms with Gasteiger partial charge in [0.15, 0.2) is 0 Å². The number of amides is 1. The molecule has 1 saturated heterocycles. The van der Waals surface area contributed by atoms with Crippen LogP contribution in [0.4, 0.5) is 0 Å². The summed E-state index contributed by atoms with van der Waals surface area (Å²) in [5.74, 6) is 0.178. The van der Waals surface area contributed by atoms with E-state index in [0.717, 1.165) is 12.1 Å². The fraction of sp³-hybridized carbons (Fsp3) is 0.625. The van der Waals surface area contributed by atoms with Crippen LogP contribution in [-0.2, 0) is 4.79 Å². The van der Waals surface area contributed by atoms with Gasteiger partial charge < -0.3 is 4.90 Å². The van der Waals surface area contributed by atoms with E-state index in [2.05, 4.69) is 6.58 Å². The first-order valence-corrected chi connectivity index (χ1v) is 3.41. The summed E-state index contributed by atoms with van der Waals surface area (Å²) in [6.07, 6.45) is 0.794. The summed E-state index contributed by atoms with van der Waals surface area (Å²) in [6.45, 7) is 7.68. The summed E-state index contributed by atoms with van der Waals surface area (Å²) in [4.78, 5) is 12.9. The standard InChI is InChI=1S/C8H13NO/c1-6-5-8(2,3)7(10)9(6)4/h1,5H2,2-4H3. The Morgan fingerprint density at radius 1 is 1.60 bits per heavy atom. The summed E-state index contributed by atoms with van der Waals surface area (Å²) in [5, 5.41) is 0. The SMILES string of the molecule is C=C1CC(C)(C)C(=O)N1C. The molecule has 0 aliphatic carbocycles. The summed E-state index contributed by atoms with van der Waals surface area (Å²) >= 11 is 0. The minimum atomic E-state index is -0.216. The molecule has 1 rings (SSSR count). The molecule has 1 fully saturated rings. The molecule has 56 valence electrons. The molecular formula is C8H13NO. The second-order valence-electron chi connectivity index (χ2n) is 3.49. The molecule has 1 heterocycles. The van der Waals surface area contributed by atoms with Gasteiger partial charge in [0, 0.05) is 24.6 Å². The van der Waals surface area contributed by atoms with Gasteiger partial charge >= 0.3 is 0 Å². The van der Waals surface area contributed by atoms with Gasteiger partial charge in [-0.05, 0) is 0 Å². The molecule has 2 nitrogen and oxygen atoms in total. The lowest BCUT2D eigenvalue weighted by Gasteiger charge is -2.13. The minimum absolute atomic E-state index is 0.178. The van der Waals surface area contributed by atoms with Crippen molar-refractivity contribution < 1.29 is 4.79 Å². The van der Waals surface area contributed by atoms with Crippen LogP contribution in [0, 0.1) is 5.41 Å². The molecule has 0 bridgehead atoms. The lowest BCUT2D eigenvalue weighted by Crippen LogP contribution is -2.26. The Bertz CT molecular complexity index is 193. The van der Waals surface area contributed by atoms with Crippen molar-refractivity contribution in [2.75, 3.05) is 7.05 Å². The van der Waals surface area contributed by atoms with Crippen LogP contribution < -0.4 is 0 Å². The number of rotatable bonds is 0. The Hall–Kier alpha value is -0.790. The molecular weight excluding hydrogens is 126 g/mol. The maximum Gasteiger partial charge on any atom is 0.232 e. The van der Waals surface area contributed by atoms with E-state index in [9.17, 15) is 4.79 Å². The number of hydrogen-bond acceptors (Lipinski definition) is 1. The molecule has 0 radical (unpaired) electrons. The minimum Gasteiger partial charge on any atom is -0.319 e. The average molecular weight is 139 g/mol. The second kappa shape index (κ2) is 1.84. The van der Waals surface area contributed by atoms with Crippen LogP contribution in [0.25, 0.3) is 0 Å². The van der Waals surface area contributed by atoms with E-state index >= 15 is 0 Å². The van der Waals surface area contributed by atoms with Gasteiger partial charge in [-0.1, -0.05) is 20.4 Å². The van der Waals surface area contributed by atoms with E-state index in [1.807, 2.05) is 13.8 Å². The predicted molar refractivity (Wildman–Crippen MR) is 40.3 cm³/mol. The Labute approximate surface area is 61.5 Å². The maximum absolute atomic E-state index is 11.3. The summed E-state index contributed by atoms with van der Waals surface area (Å²) < 4.78 is 0. The molecule has 2 heteroatoms. The summed E-state index contributed by atoms with van der Waals surface area (Å²) in [6, 6.07) is 0. The fourth-order valence-corrected chi connectivity index (χ4v) is 1.30. The molecule has 1 amide bonds. The van der Waals surface area contributed by atoms with Crippen LogP contribution in [0.5, 0.6) is 0 Å². The van der Waals surface area contributed by atoms with Crippen LogP contribution in [0.2, 0.25) is 0 Å². The quantitative estimate of drug-likeness (QED) is 0.496. The molecule has 0 saturated carbocycles. The van der Waals surface area contributed by atoms with Crippen molar-refractivity contribution in [3.63, 3.8) is 0 Å². The highest BCUT2D eigenvalue weighted by molar-refractivity contribution is 5.86. The van der Waals surface area contributed by atoms with E-state index < -0.39 is 0 Å². The number of carbonyl (C=O) groups excluding carboxylic acids is 1. The third-order valence-corrected chi connectivity index (χ3v) is 2.00. The van der Waals surface area contributed by atoms with Crippen molar-refractivity contribution >= 4 is 5.91 Å². The monoisotopic (exact) mass is 139 g/mol. The zero-order chi connectivity index (χ0) is 7.94. The Balaban J connectivity index is 2.92. The first kappa shape index (κ1) is 7.32. The van der Waals surface area contributed by atoms with Crippen molar-refractivity contribution in [2.24, 2.45) is 5.41 Å². The van der Waals surface area contributed by atoms with Crippen molar-refractivity contribution in [1.82, 2.24) is 4.90 Å². The summed E-state index contributed by atoms with van der Waals surface area (Å²) in [5.41, 5.74) is 0.709. The van der Waals surface area contributed by atoms with Crippen LogP contribution >= 0.6 is 0 Å². The lowest BCUT2D eigenvalue weighted by atomic mass is 9.91. The van der Waals surface area contributed by atoms with E-state index in [1.165, 1.54) is 0 Å². The number of likely N-dealkylation sites (tertiary alicyclic amines) is 1. The molecule has 1 aliphatic rings. The van der Waals surface area contributed by atoms with Gasteiger partial charge in [-0.15, -0.1) is 0 Å². The Morgan fingerprint density at radius 3 is 2.20 bits per heavy atom. The molecule has 0 N–H and O–H groups in total. The lowest BCUT2D eigenvalue weighted by molar-refractivity contribution is -0.132. The van der Waals surface area contributed by atoms with Gasteiger partial charge in [0.25, 0.3) is 0 Å². The second-order valence-corrected chi connectivity index (χ2v) is 3.49. The third-order valence-electron chi connectivity index (χ3n) is 2.00. The zero-order valence-electron chi connectivity index (χ0n) is 6.77. The number of nitrogens with zero attached hydrogens (tertiary/aromatic N) is 1. The predicted octanol–water partition coefficient (Wildman–Crippen LogP) is 1.39. The highest BCUT2D eigenvalue weighted by Gasteiger charge is 2.38. The average Bonchev–Trinajstić information content (AvgIpc) is 1.95. The number of carbonyl (C=O) groups is 1. The highest BCUT2D eigenvalue weighted by Crippen LogP contribution is 2.35. The van der Waals surface area contributed by atoms with E-state index in [4.69, 9.17) is 0 Å². The first-order valence-electron chi connectivity index (χ1n) is 3.41. The van der Waals surface area contributed by atoms with Crippen molar-refractivity contribution in [2.45, 2.75) is 20.3 Å². The molecule has 10 heavy (non-hydrogen) atoms. The zero-order valence-corrected chi connectivity index (χ0v) is 6.77. The largest absolute Gasteiger partial charge is 0.319 e. The van der Waals surface area contributed by atoms with E-state index in [-0.39, 0.29) is 11.3 Å². The van der Waals surface area contributed by atoms with Crippen molar-refractivity contribution in [3.05, 3.63) is 12.3 Å². The number of allylic oxidation sites excluding steroid dienone is 1. The molecule has 0 aromatic rings. The topological polar surface area (TPSA) is 20.3 Å². The highest BCUT2D eigenvalue weighted by atomic mass is 16.2.